The molecule has 1 aromatic carbocycles. The van der Waals surface area contributed by atoms with Crippen LogP contribution in [0, 0.1) is 5.92 Å². The van der Waals surface area contributed by atoms with Crippen LogP contribution in [0.4, 0.5) is 0 Å². The summed E-state index contributed by atoms with van der Waals surface area (Å²) < 4.78 is 5.68. The first-order valence-electron chi connectivity index (χ1n) is 9.58. The molecular formula is C20H35N3O2. The van der Waals surface area contributed by atoms with E-state index in [1.54, 1.807) is 0 Å². The molecule has 0 aliphatic carbocycles. The zero-order chi connectivity index (χ0) is 18.3. The summed E-state index contributed by atoms with van der Waals surface area (Å²) in [4.78, 5) is 4.69. The molecule has 5 heteroatoms. The number of hydrogen-bond acceptors (Lipinski definition) is 3. The number of benzene rings is 1. The Morgan fingerprint density at radius 1 is 1.16 bits per heavy atom. The maximum Gasteiger partial charge on any atom is 0.191 e. The number of aliphatic hydroxyl groups excluding tert-OH is 1. The number of hydrogen-bond donors (Lipinski definition) is 3. The van der Waals surface area contributed by atoms with Crippen LogP contribution < -0.4 is 15.4 Å². The zero-order valence-corrected chi connectivity index (χ0v) is 16.1. The van der Waals surface area contributed by atoms with Crippen LogP contribution in [0.5, 0.6) is 5.75 Å². The summed E-state index contributed by atoms with van der Waals surface area (Å²) in [6, 6.07) is 8.17. The Morgan fingerprint density at radius 2 is 1.96 bits per heavy atom. The molecule has 3 N–H and O–H groups in total. The number of aliphatic imine (C=N–C) groups is 1. The third-order valence-corrected chi connectivity index (χ3v) is 4.05. The van der Waals surface area contributed by atoms with Crippen molar-refractivity contribution in [2.24, 2.45) is 10.9 Å². The van der Waals surface area contributed by atoms with Crippen LogP contribution in [0.25, 0.3) is 0 Å². The number of nitrogens with one attached hydrogen (secondary N) is 2. The highest BCUT2D eigenvalue weighted by Gasteiger charge is 2.08. The van der Waals surface area contributed by atoms with Crippen LogP contribution in [-0.4, -0.2) is 43.9 Å². The van der Waals surface area contributed by atoms with Gasteiger partial charge >= 0.3 is 0 Å². The average molecular weight is 350 g/mol. The lowest BCUT2D eigenvalue weighted by atomic mass is 10.0. The molecule has 0 aromatic heterocycles. The van der Waals surface area contributed by atoms with Crippen molar-refractivity contribution < 1.29 is 9.84 Å². The number of ether oxygens (including phenoxy) is 1. The molecule has 1 unspecified atom stereocenters. The normalized spacial score (nSPS) is 12.7. The monoisotopic (exact) mass is 349 g/mol. The second-order valence-electron chi connectivity index (χ2n) is 6.10. The van der Waals surface area contributed by atoms with Gasteiger partial charge in [0.05, 0.1) is 6.61 Å². The van der Waals surface area contributed by atoms with Gasteiger partial charge in [-0.05, 0) is 50.7 Å². The fourth-order valence-corrected chi connectivity index (χ4v) is 2.80. The summed E-state index contributed by atoms with van der Waals surface area (Å²) >= 11 is 0. The minimum atomic E-state index is 0.234. The van der Waals surface area contributed by atoms with Crippen molar-refractivity contribution in [1.29, 1.82) is 0 Å². The van der Waals surface area contributed by atoms with E-state index in [9.17, 15) is 5.11 Å². The van der Waals surface area contributed by atoms with Gasteiger partial charge in [0.25, 0.3) is 0 Å². The largest absolute Gasteiger partial charge is 0.494 e. The minimum absolute atomic E-state index is 0.234. The van der Waals surface area contributed by atoms with Gasteiger partial charge in [-0.25, -0.2) is 0 Å². The Hall–Kier alpha value is -1.75. The third-order valence-electron chi connectivity index (χ3n) is 4.05. The molecule has 142 valence electrons. The van der Waals surface area contributed by atoms with Crippen molar-refractivity contribution in [1.82, 2.24) is 10.6 Å². The smallest absolute Gasteiger partial charge is 0.191 e. The lowest BCUT2D eigenvalue weighted by Crippen LogP contribution is -2.38. The summed E-state index contributed by atoms with van der Waals surface area (Å²) in [5, 5.41) is 15.9. The van der Waals surface area contributed by atoms with Crippen LogP contribution >= 0.6 is 0 Å². The number of guanidine groups is 1. The third kappa shape index (κ3) is 8.77. The van der Waals surface area contributed by atoms with E-state index < -0.39 is 0 Å². The van der Waals surface area contributed by atoms with Crippen LogP contribution in [0.1, 0.15) is 45.6 Å². The van der Waals surface area contributed by atoms with Crippen LogP contribution in [0.15, 0.2) is 29.3 Å². The molecule has 0 amide bonds. The van der Waals surface area contributed by atoms with E-state index in [0.29, 0.717) is 12.5 Å². The Kier molecular flexibility index (Phi) is 11.5. The summed E-state index contributed by atoms with van der Waals surface area (Å²) in [6.45, 7) is 9.54. The van der Waals surface area contributed by atoms with Crippen molar-refractivity contribution in [2.45, 2.75) is 46.5 Å². The summed E-state index contributed by atoms with van der Waals surface area (Å²) in [7, 11) is 0. The van der Waals surface area contributed by atoms with E-state index in [2.05, 4.69) is 30.5 Å². The molecule has 0 saturated heterocycles. The van der Waals surface area contributed by atoms with Crippen LogP contribution in [0.3, 0.4) is 0 Å². The van der Waals surface area contributed by atoms with Gasteiger partial charge in [0, 0.05) is 26.2 Å². The van der Waals surface area contributed by atoms with Crippen LogP contribution in [-0.2, 0) is 6.42 Å². The molecule has 25 heavy (non-hydrogen) atoms. The van der Waals surface area contributed by atoms with Gasteiger partial charge in [0.2, 0.25) is 0 Å². The van der Waals surface area contributed by atoms with Crippen molar-refractivity contribution in [3.63, 3.8) is 0 Å². The average Bonchev–Trinajstić information content (AvgIpc) is 2.61. The molecule has 0 spiro atoms. The molecule has 0 aliphatic rings. The van der Waals surface area contributed by atoms with E-state index in [4.69, 9.17) is 9.73 Å². The predicted octanol–water partition coefficient (Wildman–Crippen LogP) is 2.98. The second-order valence-corrected chi connectivity index (χ2v) is 6.10. The van der Waals surface area contributed by atoms with Gasteiger partial charge in [-0.2, -0.15) is 0 Å². The Labute approximate surface area is 152 Å². The minimum Gasteiger partial charge on any atom is -0.494 e. The number of nitrogens with zero attached hydrogens (tertiary/aromatic N) is 1. The first-order chi connectivity index (χ1) is 12.2. The fourth-order valence-electron chi connectivity index (χ4n) is 2.80. The molecule has 1 atom stereocenters. The van der Waals surface area contributed by atoms with Gasteiger partial charge in [-0.3, -0.25) is 4.99 Å². The molecule has 1 aromatic rings. The summed E-state index contributed by atoms with van der Waals surface area (Å²) in [6.07, 6.45) is 3.93. The van der Waals surface area contributed by atoms with Gasteiger partial charge in [0.1, 0.15) is 5.75 Å². The lowest BCUT2D eigenvalue weighted by molar-refractivity contribution is 0.253. The van der Waals surface area contributed by atoms with Gasteiger partial charge < -0.3 is 20.5 Å². The Balaban J connectivity index is 2.56. The van der Waals surface area contributed by atoms with Crippen molar-refractivity contribution in [2.75, 3.05) is 32.8 Å². The second kappa shape index (κ2) is 13.5. The quantitative estimate of drug-likeness (QED) is 0.401. The van der Waals surface area contributed by atoms with Crippen molar-refractivity contribution >= 4 is 5.96 Å². The summed E-state index contributed by atoms with van der Waals surface area (Å²) in [5.41, 5.74) is 1.21. The number of aliphatic hydroxyl groups is 1. The van der Waals surface area contributed by atoms with E-state index in [0.717, 1.165) is 57.0 Å². The molecule has 0 fully saturated rings. The SMILES string of the molecule is CCCC(CCO)CN=C(NCC)NCCc1ccccc1OCC. The molecule has 0 bridgehead atoms. The molecular weight excluding hydrogens is 314 g/mol. The van der Waals surface area contributed by atoms with Crippen molar-refractivity contribution in [3.8, 4) is 5.75 Å². The standard InChI is InChI=1S/C20H35N3O2/c1-4-9-17(13-15-24)16-23-20(21-5-2)22-14-12-18-10-7-8-11-19(18)25-6-3/h7-8,10-11,17,24H,4-6,9,12-16H2,1-3H3,(H2,21,22,23). The number of rotatable bonds is 12. The molecule has 0 radical (unpaired) electrons. The van der Waals surface area contributed by atoms with Gasteiger partial charge in [-0.1, -0.05) is 31.5 Å². The maximum absolute atomic E-state index is 9.18. The highest BCUT2D eigenvalue weighted by atomic mass is 16.5. The first kappa shape index (κ1) is 21.3. The molecule has 0 aliphatic heterocycles. The van der Waals surface area contributed by atoms with E-state index >= 15 is 0 Å². The van der Waals surface area contributed by atoms with Crippen LogP contribution in [0.2, 0.25) is 0 Å². The molecule has 0 saturated carbocycles. The Bertz CT molecular complexity index is 486. The van der Waals surface area contributed by atoms with E-state index in [-0.39, 0.29) is 6.61 Å². The van der Waals surface area contributed by atoms with E-state index in [1.807, 2.05) is 25.1 Å². The first-order valence-corrected chi connectivity index (χ1v) is 9.58. The molecule has 5 nitrogen and oxygen atoms in total. The highest BCUT2D eigenvalue weighted by Crippen LogP contribution is 2.18. The van der Waals surface area contributed by atoms with Gasteiger partial charge in [0.15, 0.2) is 5.96 Å². The highest BCUT2D eigenvalue weighted by molar-refractivity contribution is 5.79. The van der Waals surface area contributed by atoms with Crippen molar-refractivity contribution in [3.05, 3.63) is 29.8 Å². The zero-order valence-electron chi connectivity index (χ0n) is 16.1. The predicted molar refractivity (Wildman–Crippen MR) is 105 cm³/mol. The maximum atomic E-state index is 9.18. The summed E-state index contributed by atoms with van der Waals surface area (Å²) in [5.74, 6) is 2.25. The fraction of sp³-hybridized carbons (Fsp3) is 0.650. The lowest BCUT2D eigenvalue weighted by Gasteiger charge is -2.16. The van der Waals surface area contributed by atoms with Gasteiger partial charge in [-0.15, -0.1) is 0 Å². The Morgan fingerprint density at radius 3 is 2.64 bits per heavy atom. The number of para-hydroxylation sites is 1. The van der Waals surface area contributed by atoms with E-state index in [1.165, 1.54) is 5.56 Å². The molecule has 1 rings (SSSR count). The topological polar surface area (TPSA) is 65.9 Å². The molecule has 0 heterocycles.